The largest absolute Gasteiger partial charge is 0.496 e. The molecule has 0 saturated heterocycles. The Bertz CT molecular complexity index is 328. The van der Waals surface area contributed by atoms with Crippen LogP contribution in [-0.4, -0.2) is 25.4 Å². The highest BCUT2D eigenvalue weighted by atomic mass is 16.5. The van der Waals surface area contributed by atoms with Gasteiger partial charge in [-0.2, -0.15) is 0 Å². The average molecular weight is 251 g/mol. The minimum Gasteiger partial charge on any atom is -0.496 e. The summed E-state index contributed by atoms with van der Waals surface area (Å²) in [7, 11) is 1.71. The molecule has 1 rings (SSSR count). The maximum absolute atomic E-state index is 8.69. The smallest absolute Gasteiger partial charge is 0.123 e. The van der Waals surface area contributed by atoms with E-state index < -0.39 is 0 Å². The van der Waals surface area contributed by atoms with Gasteiger partial charge >= 0.3 is 0 Å². The zero-order valence-corrected chi connectivity index (χ0v) is 11.5. The molecule has 1 atom stereocenters. The van der Waals surface area contributed by atoms with Gasteiger partial charge in [0.25, 0.3) is 0 Å². The van der Waals surface area contributed by atoms with Crippen molar-refractivity contribution in [3.63, 3.8) is 0 Å². The molecule has 18 heavy (non-hydrogen) atoms. The topological polar surface area (TPSA) is 41.5 Å². The van der Waals surface area contributed by atoms with Crippen LogP contribution in [0.2, 0.25) is 0 Å². The van der Waals surface area contributed by atoms with Gasteiger partial charge < -0.3 is 15.2 Å². The molecule has 0 amide bonds. The van der Waals surface area contributed by atoms with Crippen molar-refractivity contribution < 1.29 is 9.84 Å². The van der Waals surface area contributed by atoms with E-state index in [0.29, 0.717) is 12.6 Å². The van der Waals surface area contributed by atoms with Gasteiger partial charge in [0.1, 0.15) is 5.75 Å². The van der Waals surface area contributed by atoms with Gasteiger partial charge in [-0.3, -0.25) is 0 Å². The van der Waals surface area contributed by atoms with E-state index in [1.807, 2.05) is 18.2 Å². The molecule has 0 aliphatic heterocycles. The van der Waals surface area contributed by atoms with Gasteiger partial charge in [-0.25, -0.2) is 0 Å². The highest BCUT2D eigenvalue weighted by Crippen LogP contribution is 2.24. The number of methoxy groups -OCH3 is 1. The Hall–Kier alpha value is -1.06. The summed E-state index contributed by atoms with van der Waals surface area (Å²) in [5.74, 6) is 0.942. The van der Waals surface area contributed by atoms with Crippen LogP contribution in [0.15, 0.2) is 24.3 Å². The zero-order chi connectivity index (χ0) is 13.2. The molecule has 0 saturated carbocycles. The molecule has 102 valence electrons. The molecule has 1 aromatic carbocycles. The Kier molecular flexibility index (Phi) is 7.46. The summed E-state index contributed by atoms with van der Waals surface area (Å²) in [6, 6.07) is 8.43. The maximum Gasteiger partial charge on any atom is 0.123 e. The van der Waals surface area contributed by atoms with Crippen molar-refractivity contribution in [3.05, 3.63) is 29.8 Å². The maximum atomic E-state index is 8.69. The van der Waals surface area contributed by atoms with Crippen LogP contribution in [0.4, 0.5) is 0 Å². The summed E-state index contributed by atoms with van der Waals surface area (Å²) in [6.45, 7) is 3.47. The summed E-state index contributed by atoms with van der Waals surface area (Å²) < 4.78 is 5.36. The third-order valence-corrected chi connectivity index (χ3v) is 3.14. The van der Waals surface area contributed by atoms with Crippen LogP contribution in [-0.2, 0) is 0 Å². The second kappa shape index (κ2) is 8.95. The number of aliphatic hydroxyl groups excluding tert-OH is 1. The second-order valence-electron chi connectivity index (χ2n) is 4.56. The third kappa shape index (κ3) is 5.07. The molecule has 0 spiro atoms. The van der Waals surface area contributed by atoms with Crippen molar-refractivity contribution in [2.75, 3.05) is 20.3 Å². The van der Waals surface area contributed by atoms with Crippen LogP contribution in [0.3, 0.4) is 0 Å². The van der Waals surface area contributed by atoms with E-state index in [-0.39, 0.29) is 0 Å². The predicted octanol–water partition coefficient (Wildman–Crippen LogP) is 2.90. The van der Waals surface area contributed by atoms with Crippen LogP contribution in [0.1, 0.15) is 44.2 Å². The van der Waals surface area contributed by atoms with Gasteiger partial charge in [0.15, 0.2) is 0 Å². The SMILES string of the molecule is COc1ccccc1[C@H](C)NCCCCCCO. The molecule has 0 bridgehead atoms. The molecule has 0 aliphatic rings. The lowest BCUT2D eigenvalue weighted by Gasteiger charge is -2.17. The lowest BCUT2D eigenvalue weighted by Crippen LogP contribution is -2.20. The summed E-state index contributed by atoms with van der Waals surface area (Å²) in [5.41, 5.74) is 1.20. The van der Waals surface area contributed by atoms with Crippen molar-refractivity contribution in [1.82, 2.24) is 5.32 Å². The first-order valence-electron chi connectivity index (χ1n) is 6.76. The van der Waals surface area contributed by atoms with E-state index in [4.69, 9.17) is 9.84 Å². The van der Waals surface area contributed by atoms with Crippen molar-refractivity contribution in [2.24, 2.45) is 0 Å². The van der Waals surface area contributed by atoms with Gasteiger partial charge in [0.05, 0.1) is 7.11 Å². The molecule has 0 fully saturated rings. The number of ether oxygens (including phenoxy) is 1. The molecule has 3 heteroatoms. The van der Waals surface area contributed by atoms with Crippen LogP contribution in [0.5, 0.6) is 5.75 Å². The van der Waals surface area contributed by atoms with Crippen LogP contribution in [0, 0.1) is 0 Å². The van der Waals surface area contributed by atoms with Gasteiger partial charge in [-0.1, -0.05) is 31.0 Å². The molecule has 0 aliphatic carbocycles. The van der Waals surface area contributed by atoms with Gasteiger partial charge in [-0.15, -0.1) is 0 Å². The quantitative estimate of drug-likeness (QED) is 0.663. The highest BCUT2D eigenvalue weighted by Gasteiger charge is 2.09. The monoisotopic (exact) mass is 251 g/mol. The highest BCUT2D eigenvalue weighted by molar-refractivity contribution is 5.35. The number of hydrogen-bond donors (Lipinski definition) is 2. The fraction of sp³-hybridized carbons (Fsp3) is 0.600. The molecule has 0 heterocycles. The minimum absolute atomic E-state index is 0.305. The first kappa shape index (κ1) is 15.0. The van der Waals surface area contributed by atoms with Crippen LogP contribution < -0.4 is 10.1 Å². The van der Waals surface area contributed by atoms with E-state index in [1.165, 1.54) is 12.0 Å². The van der Waals surface area contributed by atoms with Crippen molar-refractivity contribution in [2.45, 2.75) is 38.6 Å². The molecular weight excluding hydrogens is 226 g/mol. The number of benzene rings is 1. The van der Waals surface area contributed by atoms with Crippen molar-refractivity contribution in [1.29, 1.82) is 0 Å². The fourth-order valence-electron chi connectivity index (χ4n) is 2.04. The van der Waals surface area contributed by atoms with Gasteiger partial charge in [0.2, 0.25) is 0 Å². The van der Waals surface area contributed by atoms with Gasteiger partial charge in [0, 0.05) is 18.2 Å². The van der Waals surface area contributed by atoms with Crippen molar-refractivity contribution >= 4 is 0 Å². The molecular formula is C15H25NO2. The first-order chi connectivity index (χ1) is 8.79. The normalized spacial score (nSPS) is 12.4. The number of para-hydroxylation sites is 1. The van der Waals surface area contributed by atoms with Crippen molar-refractivity contribution in [3.8, 4) is 5.75 Å². The number of unbranched alkanes of at least 4 members (excludes halogenated alkanes) is 3. The number of rotatable bonds is 9. The summed E-state index contributed by atoms with van der Waals surface area (Å²) in [5, 5.41) is 12.2. The molecule has 1 aromatic rings. The first-order valence-corrected chi connectivity index (χ1v) is 6.76. The van der Waals surface area contributed by atoms with E-state index in [1.54, 1.807) is 7.11 Å². The van der Waals surface area contributed by atoms with Gasteiger partial charge in [-0.05, 0) is 32.4 Å². The second-order valence-corrected chi connectivity index (χ2v) is 4.56. The average Bonchev–Trinajstić information content (AvgIpc) is 2.42. The molecule has 0 unspecified atom stereocenters. The Morgan fingerprint density at radius 1 is 1.17 bits per heavy atom. The zero-order valence-electron chi connectivity index (χ0n) is 11.5. The Balaban J connectivity index is 2.29. The van der Waals surface area contributed by atoms with E-state index in [9.17, 15) is 0 Å². The minimum atomic E-state index is 0.305. The van der Waals surface area contributed by atoms with Crippen LogP contribution in [0.25, 0.3) is 0 Å². The fourth-order valence-corrected chi connectivity index (χ4v) is 2.04. The lowest BCUT2D eigenvalue weighted by molar-refractivity contribution is 0.282. The molecule has 3 nitrogen and oxygen atoms in total. The number of nitrogens with one attached hydrogen (secondary N) is 1. The Morgan fingerprint density at radius 2 is 1.89 bits per heavy atom. The van der Waals surface area contributed by atoms with E-state index in [2.05, 4.69) is 18.3 Å². The number of hydrogen-bond acceptors (Lipinski definition) is 3. The third-order valence-electron chi connectivity index (χ3n) is 3.14. The van der Waals surface area contributed by atoms with E-state index >= 15 is 0 Å². The predicted molar refractivity (Wildman–Crippen MR) is 75.0 cm³/mol. The molecule has 0 radical (unpaired) electrons. The Labute approximate surface area is 110 Å². The van der Waals surface area contributed by atoms with Crippen LogP contribution >= 0.6 is 0 Å². The molecule has 0 aromatic heterocycles. The molecule has 2 N–H and O–H groups in total. The Morgan fingerprint density at radius 3 is 2.61 bits per heavy atom. The number of aliphatic hydroxyl groups is 1. The summed E-state index contributed by atoms with van der Waals surface area (Å²) in [4.78, 5) is 0. The summed E-state index contributed by atoms with van der Waals surface area (Å²) >= 11 is 0. The lowest BCUT2D eigenvalue weighted by atomic mass is 10.1. The van der Waals surface area contributed by atoms with E-state index in [0.717, 1.165) is 31.6 Å². The standard InChI is InChI=1S/C15H25NO2/c1-13(16-11-7-3-4-8-12-17)14-9-5-6-10-15(14)18-2/h5-6,9-10,13,16-17H,3-4,7-8,11-12H2,1-2H3/t13-/m0/s1. The summed E-state index contributed by atoms with van der Waals surface area (Å²) in [6.07, 6.45) is 4.36.